The van der Waals surface area contributed by atoms with Crippen LogP contribution in [0, 0.1) is 0 Å². The van der Waals surface area contributed by atoms with E-state index in [0.29, 0.717) is 5.69 Å². The van der Waals surface area contributed by atoms with Gasteiger partial charge in [0.1, 0.15) is 0 Å². The van der Waals surface area contributed by atoms with Gasteiger partial charge in [0, 0.05) is 11.8 Å². The maximum Gasteiger partial charge on any atom is 0.338 e. The van der Waals surface area contributed by atoms with Crippen molar-refractivity contribution in [2.24, 2.45) is 0 Å². The van der Waals surface area contributed by atoms with Gasteiger partial charge >= 0.3 is 5.97 Å². The molecule has 0 fully saturated rings. The Morgan fingerprint density at radius 1 is 1.50 bits per heavy atom. The summed E-state index contributed by atoms with van der Waals surface area (Å²) in [7, 11) is 0. The Morgan fingerprint density at radius 3 is 2.86 bits per heavy atom. The number of rotatable bonds is 2. The fraction of sp³-hybridized carbons (Fsp3) is 0.222. The lowest BCUT2D eigenvalue weighted by molar-refractivity contribution is -0.138. The molecule has 1 unspecified atom stereocenters. The monoisotopic (exact) mass is 195 g/mol. The number of carbonyl (C=O) groups excluding carboxylic acids is 1. The van der Waals surface area contributed by atoms with Gasteiger partial charge in [0.15, 0.2) is 11.9 Å². The Balaban J connectivity index is 2.43. The van der Waals surface area contributed by atoms with Crippen LogP contribution in [0.15, 0.2) is 24.5 Å². The Morgan fingerprint density at radius 2 is 2.29 bits per heavy atom. The van der Waals surface area contributed by atoms with E-state index in [-0.39, 0.29) is 12.5 Å². The number of carbonyl (C=O) groups is 1. The highest BCUT2D eigenvalue weighted by molar-refractivity contribution is 5.79. The van der Waals surface area contributed by atoms with Crippen molar-refractivity contribution >= 4 is 5.97 Å². The van der Waals surface area contributed by atoms with Gasteiger partial charge in [0.05, 0.1) is 12.9 Å². The van der Waals surface area contributed by atoms with Gasteiger partial charge in [-0.15, -0.1) is 0 Å². The molecule has 1 aliphatic heterocycles. The second kappa shape index (κ2) is 3.19. The number of ether oxygens (including phenoxy) is 1. The lowest BCUT2D eigenvalue weighted by Crippen LogP contribution is -2.16. The lowest BCUT2D eigenvalue weighted by Gasteiger charge is -2.11. The first kappa shape index (κ1) is 8.83. The molecular formula is C9H9NO4. The zero-order valence-corrected chi connectivity index (χ0v) is 7.25. The Kier molecular flexibility index (Phi) is 2.01. The average Bonchev–Trinajstić information content (AvgIpc) is 2.72. The number of esters is 1. The van der Waals surface area contributed by atoms with Crippen LogP contribution >= 0.6 is 0 Å². The van der Waals surface area contributed by atoms with E-state index < -0.39 is 12.0 Å². The molecule has 1 atom stereocenters. The summed E-state index contributed by atoms with van der Waals surface area (Å²) in [6.07, 6.45) is 2.79. The number of aromatic hydroxyl groups is 1. The van der Waals surface area contributed by atoms with Gasteiger partial charge in [-0.05, 0) is 12.1 Å². The highest BCUT2D eigenvalue weighted by atomic mass is 16.5. The van der Waals surface area contributed by atoms with Crippen LogP contribution in [0.25, 0.3) is 0 Å². The summed E-state index contributed by atoms with van der Waals surface area (Å²) in [6, 6.07) is 2.30. The molecule has 74 valence electrons. The zero-order chi connectivity index (χ0) is 10.1. The number of aromatic nitrogens is 1. The van der Waals surface area contributed by atoms with Crippen LogP contribution in [0.3, 0.4) is 0 Å². The predicted octanol–water partition coefficient (Wildman–Crippen LogP) is 0.298. The lowest BCUT2D eigenvalue weighted by atomic mass is 10.3. The van der Waals surface area contributed by atoms with Crippen molar-refractivity contribution in [1.29, 1.82) is 0 Å². The second-order valence-electron chi connectivity index (χ2n) is 2.92. The molecule has 1 aromatic heterocycles. The Labute approximate surface area is 79.8 Å². The fourth-order valence-electron chi connectivity index (χ4n) is 1.45. The zero-order valence-electron chi connectivity index (χ0n) is 7.25. The van der Waals surface area contributed by atoms with Crippen molar-refractivity contribution in [2.75, 3.05) is 0 Å². The predicted molar refractivity (Wildman–Crippen MR) is 46.3 cm³/mol. The van der Waals surface area contributed by atoms with Crippen molar-refractivity contribution < 1.29 is 19.7 Å². The third-order valence-electron chi connectivity index (χ3n) is 2.11. The molecule has 0 saturated heterocycles. The number of aliphatic hydroxyl groups excluding tert-OH is 1. The molecule has 0 amide bonds. The van der Waals surface area contributed by atoms with Gasteiger partial charge < -0.3 is 14.9 Å². The van der Waals surface area contributed by atoms with E-state index in [1.807, 2.05) is 0 Å². The molecule has 0 radical (unpaired) electrons. The van der Waals surface area contributed by atoms with Crippen molar-refractivity contribution in [1.82, 2.24) is 4.57 Å². The van der Waals surface area contributed by atoms with Crippen LogP contribution in [0.2, 0.25) is 0 Å². The molecular weight excluding hydrogens is 186 g/mol. The van der Waals surface area contributed by atoms with Gasteiger partial charge in [0.25, 0.3) is 0 Å². The number of hydrogen-bond acceptors (Lipinski definition) is 4. The standard InChI is InChI=1S/C9H9NO4/c11-5-6-1-2-8(12)10(6)7-3-4-14-9(7)13/h1-4,7,11-12H,5H2. The maximum absolute atomic E-state index is 11.2. The molecule has 2 rings (SSSR count). The number of hydrogen-bond donors (Lipinski definition) is 2. The second-order valence-corrected chi connectivity index (χ2v) is 2.92. The summed E-state index contributed by atoms with van der Waals surface area (Å²) in [5, 5.41) is 18.4. The van der Waals surface area contributed by atoms with E-state index in [1.165, 1.54) is 23.0 Å². The maximum atomic E-state index is 11.2. The molecule has 0 bridgehead atoms. The van der Waals surface area contributed by atoms with Crippen LogP contribution in [0.1, 0.15) is 11.7 Å². The molecule has 0 spiro atoms. The van der Waals surface area contributed by atoms with E-state index in [1.54, 1.807) is 6.07 Å². The van der Waals surface area contributed by atoms with E-state index in [2.05, 4.69) is 4.74 Å². The molecule has 2 heterocycles. The third kappa shape index (κ3) is 1.18. The van der Waals surface area contributed by atoms with Gasteiger partial charge in [-0.2, -0.15) is 0 Å². The van der Waals surface area contributed by atoms with E-state index in [4.69, 9.17) is 5.11 Å². The van der Waals surface area contributed by atoms with Crippen LogP contribution in [0.5, 0.6) is 5.88 Å². The first-order valence-electron chi connectivity index (χ1n) is 4.11. The van der Waals surface area contributed by atoms with Gasteiger partial charge in [-0.1, -0.05) is 0 Å². The summed E-state index contributed by atoms with van der Waals surface area (Å²) in [4.78, 5) is 11.2. The number of aliphatic hydroxyl groups is 1. The normalized spacial score (nSPS) is 20.1. The minimum Gasteiger partial charge on any atom is -0.494 e. The largest absolute Gasteiger partial charge is 0.494 e. The molecule has 5 heteroatoms. The summed E-state index contributed by atoms with van der Waals surface area (Å²) >= 11 is 0. The summed E-state index contributed by atoms with van der Waals surface area (Å²) < 4.78 is 5.94. The first-order chi connectivity index (χ1) is 6.74. The van der Waals surface area contributed by atoms with Gasteiger partial charge in [0.2, 0.25) is 0 Å². The van der Waals surface area contributed by atoms with Crippen LogP contribution in [0.4, 0.5) is 0 Å². The third-order valence-corrected chi connectivity index (χ3v) is 2.11. The van der Waals surface area contributed by atoms with Crippen molar-refractivity contribution in [3.63, 3.8) is 0 Å². The molecule has 0 saturated carbocycles. The highest BCUT2D eigenvalue weighted by Crippen LogP contribution is 2.26. The molecule has 5 nitrogen and oxygen atoms in total. The smallest absolute Gasteiger partial charge is 0.338 e. The first-order valence-corrected chi connectivity index (χ1v) is 4.11. The SMILES string of the molecule is O=C1OC=CC1n1c(O)ccc1CO. The molecule has 1 aromatic rings. The van der Waals surface area contributed by atoms with Crippen molar-refractivity contribution in [3.8, 4) is 5.88 Å². The molecule has 1 aliphatic rings. The number of cyclic esters (lactones) is 1. The molecule has 0 aliphatic carbocycles. The van der Waals surface area contributed by atoms with Crippen molar-refractivity contribution in [2.45, 2.75) is 12.6 Å². The van der Waals surface area contributed by atoms with Gasteiger partial charge in [-0.25, -0.2) is 4.79 Å². The van der Waals surface area contributed by atoms with E-state index in [0.717, 1.165) is 0 Å². The van der Waals surface area contributed by atoms with Crippen LogP contribution in [-0.2, 0) is 16.1 Å². The van der Waals surface area contributed by atoms with Crippen LogP contribution < -0.4 is 0 Å². The molecule has 0 aromatic carbocycles. The average molecular weight is 195 g/mol. The topological polar surface area (TPSA) is 71.7 Å². The Bertz CT molecular complexity index is 394. The van der Waals surface area contributed by atoms with Crippen molar-refractivity contribution in [3.05, 3.63) is 30.2 Å². The summed E-state index contributed by atoms with van der Waals surface area (Å²) in [5.41, 5.74) is 0.469. The minimum absolute atomic E-state index is 0.0671. The summed E-state index contributed by atoms with van der Waals surface area (Å²) in [5.74, 6) is -0.534. The molecule has 14 heavy (non-hydrogen) atoms. The Hall–Kier alpha value is -1.75. The molecule has 2 N–H and O–H groups in total. The fourth-order valence-corrected chi connectivity index (χ4v) is 1.45. The quantitative estimate of drug-likeness (QED) is 0.665. The van der Waals surface area contributed by atoms with E-state index in [9.17, 15) is 9.90 Å². The van der Waals surface area contributed by atoms with Gasteiger partial charge in [-0.3, -0.25) is 4.57 Å². The highest BCUT2D eigenvalue weighted by Gasteiger charge is 2.26. The van der Waals surface area contributed by atoms with E-state index >= 15 is 0 Å². The minimum atomic E-state index is -0.674. The number of nitrogens with zero attached hydrogens (tertiary/aromatic N) is 1. The summed E-state index contributed by atoms with van der Waals surface area (Å²) in [6.45, 7) is -0.238. The van der Waals surface area contributed by atoms with Crippen LogP contribution in [-0.4, -0.2) is 20.7 Å².